The fourth-order valence-electron chi connectivity index (χ4n) is 8.54. The normalized spacial score (nSPS) is 12.8. The first-order chi connectivity index (χ1) is 36.0. The van der Waals surface area contributed by atoms with E-state index in [1.54, 1.807) is 0 Å². The van der Waals surface area contributed by atoms with Crippen LogP contribution in [0.5, 0.6) is 0 Å². The zero-order valence-corrected chi connectivity index (χ0v) is 47.9. The lowest BCUT2D eigenvalue weighted by Crippen LogP contribution is -2.30. The predicted molar refractivity (Wildman–Crippen MR) is 316 cm³/mol. The molecule has 0 aromatic carbocycles. The van der Waals surface area contributed by atoms with Crippen LogP contribution in [0, 0.1) is 0 Å². The van der Waals surface area contributed by atoms with Gasteiger partial charge in [0.2, 0.25) is 0 Å². The van der Waals surface area contributed by atoms with Crippen LogP contribution >= 0.6 is 0 Å². The van der Waals surface area contributed by atoms with E-state index in [1.807, 2.05) is 0 Å². The summed E-state index contributed by atoms with van der Waals surface area (Å²) in [6.45, 7) is 6.39. The summed E-state index contributed by atoms with van der Waals surface area (Å²) in [6.07, 6.45) is 81.4. The Morgan fingerprint density at radius 2 is 0.534 bits per heavy atom. The summed E-state index contributed by atoms with van der Waals surface area (Å²) in [5.41, 5.74) is 0. The van der Waals surface area contributed by atoms with E-state index in [0.29, 0.717) is 19.3 Å². The quantitative estimate of drug-likeness (QED) is 0.0261. The van der Waals surface area contributed by atoms with Gasteiger partial charge in [0.1, 0.15) is 13.2 Å². The molecule has 1 unspecified atom stereocenters. The zero-order valence-electron chi connectivity index (χ0n) is 47.9. The van der Waals surface area contributed by atoms with E-state index in [2.05, 4.69) is 118 Å². The van der Waals surface area contributed by atoms with Crippen LogP contribution in [0.1, 0.15) is 290 Å². The van der Waals surface area contributed by atoms with Crippen LogP contribution in [0.3, 0.4) is 0 Å². The largest absolute Gasteiger partial charge is 0.462 e. The molecule has 0 N–H and O–H groups in total. The fraction of sp³-hybridized carbons (Fsp3) is 0.716. The lowest BCUT2D eigenvalue weighted by atomic mass is 10.0. The molecular formula is C67H114O6. The van der Waals surface area contributed by atoms with Gasteiger partial charge in [0.05, 0.1) is 0 Å². The third-order valence-corrected chi connectivity index (χ3v) is 13.1. The van der Waals surface area contributed by atoms with Gasteiger partial charge >= 0.3 is 17.9 Å². The lowest BCUT2D eigenvalue weighted by Gasteiger charge is -2.18. The van der Waals surface area contributed by atoms with Crippen molar-refractivity contribution >= 4 is 17.9 Å². The van der Waals surface area contributed by atoms with Gasteiger partial charge in [-0.05, 0) is 96.3 Å². The topological polar surface area (TPSA) is 78.9 Å². The molecule has 0 saturated heterocycles. The highest BCUT2D eigenvalue weighted by Gasteiger charge is 2.19. The maximum atomic E-state index is 12.8. The molecule has 0 aromatic rings. The van der Waals surface area contributed by atoms with Crippen molar-refractivity contribution < 1.29 is 28.6 Å². The lowest BCUT2D eigenvalue weighted by molar-refractivity contribution is -0.167. The van der Waals surface area contributed by atoms with E-state index in [9.17, 15) is 14.4 Å². The Bertz CT molecular complexity index is 1440. The van der Waals surface area contributed by atoms with Gasteiger partial charge in [0.15, 0.2) is 6.10 Å². The van der Waals surface area contributed by atoms with Crippen molar-refractivity contribution in [2.45, 2.75) is 297 Å². The number of ether oxygens (including phenoxy) is 3. The number of rotatable bonds is 55. The van der Waals surface area contributed by atoms with Crippen LogP contribution in [0.25, 0.3) is 0 Å². The van der Waals surface area contributed by atoms with Crippen molar-refractivity contribution in [3.63, 3.8) is 0 Å². The zero-order chi connectivity index (χ0) is 52.9. The first kappa shape index (κ1) is 69.3. The van der Waals surface area contributed by atoms with Crippen LogP contribution in [0.2, 0.25) is 0 Å². The summed E-state index contributed by atoms with van der Waals surface area (Å²) in [4.78, 5) is 38.1. The molecule has 0 aliphatic heterocycles. The van der Waals surface area contributed by atoms with Gasteiger partial charge in [-0.15, -0.1) is 0 Å². The number of allylic oxidation sites excluding steroid dienone is 16. The first-order valence-electron chi connectivity index (χ1n) is 30.7. The summed E-state index contributed by atoms with van der Waals surface area (Å²) < 4.78 is 16.8. The number of esters is 3. The maximum absolute atomic E-state index is 12.8. The van der Waals surface area contributed by atoms with Crippen LogP contribution in [-0.2, 0) is 28.6 Å². The predicted octanol–water partition coefficient (Wildman–Crippen LogP) is 20.9. The summed E-state index contributed by atoms with van der Waals surface area (Å²) in [7, 11) is 0. The Kier molecular flexibility index (Phi) is 57.8. The first-order valence-corrected chi connectivity index (χ1v) is 30.7. The van der Waals surface area contributed by atoms with Crippen LogP contribution in [0.15, 0.2) is 97.2 Å². The molecule has 6 nitrogen and oxygen atoms in total. The smallest absolute Gasteiger partial charge is 0.306 e. The second-order valence-electron chi connectivity index (χ2n) is 20.2. The number of hydrogen-bond acceptors (Lipinski definition) is 6. The summed E-state index contributed by atoms with van der Waals surface area (Å²) in [5, 5.41) is 0. The van der Waals surface area contributed by atoms with Crippen LogP contribution in [-0.4, -0.2) is 37.2 Å². The average Bonchev–Trinajstić information content (AvgIpc) is 3.39. The number of carbonyl (C=O) groups is 3. The molecule has 0 amide bonds. The van der Waals surface area contributed by atoms with E-state index in [4.69, 9.17) is 14.2 Å². The molecule has 0 saturated carbocycles. The van der Waals surface area contributed by atoms with Crippen LogP contribution < -0.4 is 0 Å². The molecule has 0 heterocycles. The van der Waals surface area contributed by atoms with Gasteiger partial charge < -0.3 is 14.2 Å². The molecule has 418 valence electrons. The Morgan fingerprint density at radius 3 is 0.849 bits per heavy atom. The Balaban J connectivity index is 4.15. The van der Waals surface area contributed by atoms with Gasteiger partial charge in [0, 0.05) is 19.3 Å². The Labute approximate surface area is 451 Å². The average molecular weight is 1020 g/mol. The highest BCUT2D eigenvalue weighted by atomic mass is 16.6. The molecule has 0 aliphatic rings. The minimum absolute atomic E-state index is 0.0858. The second-order valence-corrected chi connectivity index (χ2v) is 20.2. The monoisotopic (exact) mass is 1010 g/mol. The van der Waals surface area contributed by atoms with Crippen LogP contribution in [0.4, 0.5) is 0 Å². The number of unbranched alkanes of at least 4 members (excludes halogenated alkanes) is 28. The molecule has 73 heavy (non-hydrogen) atoms. The second kappa shape index (κ2) is 60.9. The Morgan fingerprint density at radius 1 is 0.288 bits per heavy atom. The maximum Gasteiger partial charge on any atom is 0.306 e. The molecule has 6 heteroatoms. The van der Waals surface area contributed by atoms with Crippen molar-refractivity contribution in [2.24, 2.45) is 0 Å². The molecule has 0 spiro atoms. The van der Waals surface area contributed by atoms with E-state index >= 15 is 0 Å². The summed E-state index contributed by atoms with van der Waals surface area (Å²) in [5.74, 6) is -0.910. The Hall–Kier alpha value is -3.67. The van der Waals surface area contributed by atoms with Crippen molar-refractivity contribution in [1.82, 2.24) is 0 Å². The van der Waals surface area contributed by atoms with Gasteiger partial charge in [-0.1, -0.05) is 272 Å². The van der Waals surface area contributed by atoms with E-state index in [0.717, 1.165) is 116 Å². The molecule has 0 bridgehead atoms. The molecule has 0 radical (unpaired) electrons. The molecular weight excluding hydrogens is 901 g/mol. The van der Waals surface area contributed by atoms with Crippen molar-refractivity contribution in [2.75, 3.05) is 13.2 Å². The van der Waals surface area contributed by atoms with E-state index in [-0.39, 0.29) is 31.1 Å². The number of carbonyl (C=O) groups excluding carboxylic acids is 3. The van der Waals surface area contributed by atoms with Crippen molar-refractivity contribution in [3.8, 4) is 0 Å². The van der Waals surface area contributed by atoms with Gasteiger partial charge in [0.25, 0.3) is 0 Å². The minimum atomic E-state index is -0.789. The number of hydrogen-bond donors (Lipinski definition) is 0. The molecule has 0 rings (SSSR count). The molecule has 0 aliphatic carbocycles. The third kappa shape index (κ3) is 59.1. The fourth-order valence-corrected chi connectivity index (χ4v) is 8.54. The van der Waals surface area contributed by atoms with Crippen molar-refractivity contribution in [1.29, 1.82) is 0 Å². The molecule has 0 fully saturated rings. The summed E-state index contributed by atoms with van der Waals surface area (Å²) >= 11 is 0. The van der Waals surface area contributed by atoms with Gasteiger partial charge in [-0.2, -0.15) is 0 Å². The highest BCUT2D eigenvalue weighted by molar-refractivity contribution is 5.71. The SMILES string of the molecule is CC/C=C\C/C=C\C/C=C\C/C=C\C/C=C\CCCCCCCCCCCCCCCCCC(=O)OCC(COC(=O)CCCCCCCCCCCCC)OC(=O)CCCCC/C=C\C/C=C\C/C=C\CC. The molecule has 1 atom stereocenters. The van der Waals surface area contributed by atoms with E-state index < -0.39 is 6.10 Å². The van der Waals surface area contributed by atoms with Crippen molar-refractivity contribution in [3.05, 3.63) is 97.2 Å². The standard InChI is InChI=1S/C67H114O6/c1-4-7-10-13-16-19-22-24-25-26-27-28-29-30-31-32-33-34-35-36-37-38-39-40-41-43-45-48-51-54-57-60-66(69)72-63-64(62-71-65(68)59-56-53-50-47-44-21-18-15-12-9-6-3)73-67(70)61-58-55-52-49-46-42-23-20-17-14-11-8-5-2/h7-8,10-11,16-17,19-20,24-25,27-28,30-31,42,46,64H,4-6,9,12-15,18,21-23,26,29,32-41,43-45,47-63H2,1-3H3/b10-7-,11-8-,19-16-,20-17-,25-24-,28-27-,31-30-,46-42-. The molecule has 0 aromatic heterocycles. The minimum Gasteiger partial charge on any atom is -0.462 e. The van der Waals surface area contributed by atoms with E-state index in [1.165, 1.54) is 135 Å². The summed E-state index contributed by atoms with van der Waals surface area (Å²) in [6, 6.07) is 0. The third-order valence-electron chi connectivity index (χ3n) is 13.1. The van der Waals surface area contributed by atoms with Gasteiger partial charge in [-0.3, -0.25) is 14.4 Å². The van der Waals surface area contributed by atoms with Gasteiger partial charge in [-0.25, -0.2) is 0 Å². The highest BCUT2D eigenvalue weighted by Crippen LogP contribution is 2.16.